The number of piperazine rings is 1. The Hall–Kier alpha value is -2.76. The third kappa shape index (κ3) is 7.65. The number of rotatable bonds is 7. The number of hydrogen-bond donors (Lipinski definition) is 1. The molecule has 0 aliphatic carbocycles. The Morgan fingerprint density at radius 2 is 1.55 bits per heavy atom. The fourth-order valence-corrected chi connectivity index (χ4v) is 4.08. The lowest BCUT2D eigenvalue weighted by molar-refractivity contribution is 0.0174. The van der Waals surface area contributed by atoms with E-state index in [9.17, 15) is 9.59 Å². The van der Waals surface area contributed by atoms with Crippen molar-refractivity contribution in [3.05, 3.63) is 42.0 Å². The fraction of sp³-hybridized carbons (Fsp3) is 0.556. The standard InChI is InChI=1S/C27H39N3O3/c1-5-6-7-8-9-10-21-11-12-22-13-14-24(20-23(22)19-21)28-25(31)29-15-17-30(18-16-29)26(32)33-27(2,3)4/h11-14,19-20H,5-10,15-18H2,1-4H3,(H,28,31). The van der Waals surface area contributed by atoms with Gasteiger partial charge in [0.15, 0.2) is 0 Å². The second-order valence-corrected chi connectivity index (χ2v) is 9.95. The molecule has 0 aromatic heterocycles. The zero-order valence-electron chi connectivity index (χ0n) is 20.7. The predicted octanol–water partition coefficient (Wildman–Crippen LogP) is 6.44. The monoisotopic (exact) mass is 453 g/mol. The molecular weight excluding hydrogens is 414 g/mol. The summed E-state index contributed by atoms with van der Waals surface area (Å²) < 4.78 is 5.43. The van der Waals surface area contributed by atoms with Crippen molar-refractivity contribution in [3.63, 3.8) is 0 Å². The topological polar surface area (TPSA) is 61.9 Å². The van der Waals surface area contributed by atoms with Crippen LogP contribution in [0.1, 0.15) is 65.4 Å². The Morgan fingerprint density at radius 3 is 2.24 bits per heavy atom. The van der Waals surface area contributed by atoms with Gasteiger partial charge in [-0.3, -0.25) is 0 Å². The van der Waals surface area contributed by atoms with Crippen molar-refractivity contribution in [2.75, 3.05) is 31.5 Å². The van der Waals surface area contributed by atoms with Gasteiger partial charge in [0.1, 0.15) is 5.60 Å². The molecule has 0 spiro atoms. The molecule has 3 rings (SSSR count). The van der Waals surface area contributed by atoms with Crippen molar-refractivity contribution in [3.8, 4) is 0 Å². The highest BCUT2D eigenvalue weighted by Gasteiger charge is 2.27. The average Bonchev–Trinajstić information content (AvgIpc) is 2.77. The number of amides is 3. The molecule has 1 N–H and O–H groups in total. The van der Waals surface area contributed by atoms with Crippen LogP contribution in [0, 0.1) is 0 Å². The molecule has 0 bridgehead atoms. The fourth-order valence-electron chi connectivity index (χ4n) is 4.08. The summed E-state index contributed by atoms with van der Waals surface area (Å²) in [7, 11) is 0. The molecule has 0 atom stereocenters. The minimum Gasteiger partial charge on any atom is -0.444 e. The van der Waals surface area contributed by atoms with Crippen LogP contribution in [0.5, 0.6) is 0 Å². The molecule has 1 heterocycles. The summed E-state index contributed by atoms with van der Waals surface area (Å²) in [5.74, 6) is 0. The van der Waals surface area contributed by atoms with Gasteiger partial charge in [-0.25, -0.2) is 9.59 Å². The third-order valence-electron chi connectivity index (χ3n) is 5.94. The van der Waals surface area contributed by atoms with E-state index < -0.39 is 5.60 Å². The van der Waals surface area contributed by atoms with Crippen LogP contribution in [0.4, 0.5) is 15.3 Å². The predicted molar refractivity (Wildman–Crippen MR) is 135 cm³/mol. The molecule has 0 unspecified atom stereocenters. The van der Waals surface area contributed by atoms with Crippen molar-refractivity contribution in [1.82, 2.24) is 9.80 Å². The Labute approximate surface area is 198 Å². The van der Waals surface area contributed by atoms with Gasteiger partial charge >= 0.3 is 12.1 Å². The maximum Gasteiger partial charge on any atom is 0.410 e. The number of unbranched alkanes of at least 4 members (excludes halogenated alkanes) is 4. The summed E-state index contributed by atoms with van der Waals surface area (Å²) in [5, 5.41) is 5.35. The number of carbonyl (C=O) groups is 2. The lowest BCUT2D eigenvalue weighted by Gasteiger charge is -2.35. The first-order valence-corrected chi connectivity index (χ1v) is 12.3. The zero-order valence-corrected chi connectivity index (χ0v) is 20.7. The average molecular weight is 454 g/mol. The quantitative estimate of drug-likeness (QED) is 0.491. The van der Waals surface area contributed by atoms with E-state index >= 15 is 0 Å². The van der Waals surface area contributed by atoms with Crippen molar-refractivity contribution in [2.24, 2.45) is 0 Å². The maximum atomic E-state index is 12.8. The van der Waals surface area contributed by atoms with Crippen molar-refractivity contribution in [2.45, 2.75) is 71.8 Å². The van der Waals surface area contributed by atoms with E-state index in [1.807, 2.05) is 32.9 Å². The summed E-state index contributed by atoms with van der Waals surface area (Å²) >= 11 is 0. The number of aryl methyl sites for hydroxylation is 1. The zero-order chi connectivity index (χ0) is 23.8. The first kappa shape index (κ1) is 24.9. The van der Waals surface area contributed by atoms with Gasteiger partial charge in [-0.1, -0.05) is 56.9 Å². The molecule has 1 aliphatic rings. The van der Waals surface area contributed by atoms with Gasteiger partial charge in [-0.2, -0.15) is 0 Å². The van der Waals surface area contributed by atoms with E-state index in [1.165, 1.54) is 43.1 Å². The number of nitrogens with zero attached hydrogens (tertiary/aromatic N) is 2. The van der Waals surface area contributed by atoms with Gasteiger partial charge in [0.25, 0.3) is 0 Å². The lowest BCUT2D eigenvalue weighted by Crippen LogP contribution is -2.52. The molecule has 33 heavy (non-hydrogen) atoms. The molecule has 6 heteroatoms. The Balaban J connectivity index is 1.53. The third-order valence-corrected chi connectivity index (χ3v) is 5.94. The van der Waals surface area contributed by atoms with Crippen LogP contribution in [-0.2, 0) is 11.2 Å². The van der Waals surface area contributed by atoms with E-state index in [1.54, 1.807) is 9.80 Å². The summed E-state index contributed by atoms with van der Waals surface area (Å²) in [6.07, 6.45) is 7.17. The second-order valence-electron chi connectivity index (χ2n) is 9.95. The van der Waals surface area contributed by atoms with Crippen LogP contribution in [0.3, 0.4) is 0 Å². The number of nitrogens with one attached hydrogen (secondary N) is 1. The van der Waals surface area contributed by atoms with E-state index in [-0.39, 0.29) is 12.1 Å². The van der Waals surface area contributed by atoms with Crippen LogP contribution in [-0.4, -0.2) is 53.7 Å². The van der Waals surface area contributed by atoms with Gasteiger partial charge in [-0.15, -0.1) is 0 Å². The number of urea groups is 1. The summed E-state index contributed by atoms with van der Waals surface area (Å²) in [4.78, 5) is 28.4. The van der Waals surface area contributed by atoms with Crippen LogP contribution >= 0.6 is 0 Å². The molecule has 6 nitrogen and oxygen atoms in total. The molecule has 0 radical (unpaired) electrons. The molecule has 1 fully saturated rings. The molecule has 3 amide bonds. The normalized spacial score (nSPS) is 14.4. The summed E-state index contributed by atoms with van der Waals surface area (Å²) in [6.45, 7) is 9.73. The summed E-state index contributed by atoms with van der Waals surface area (Å²) in [6, 6.07) is 12.5. The first-order valence-electron chi connectivity index (χ1n) is 12.3. The van der Waals surface area contributed by atoms with E-state index in [4.69, 9.17) is 4.74 Å². The van der Waals surface area contributed by atoms with Crippen molar-refractivity contribution >= 4 is 28.6 Å². The van der Waals surface area contributed by atoms with Gasteiger partial charge in [0.2, 0.25) is 0 Å². The Kier molecular flexibility index (Phi) is 8.59. The van der Waals surface area contributed by atoms with Crippen molar-refractivity contribution < 1.29 is 14.3 Å². The lowest BCUT2D eigenvalue weighted by atomic mass is 10.0. The molecule has 180 valence electrons. The highest BCUT2D eigenvalue weighted by Crippen LogP contribution is 2.22. The van der Waals surface area contributed by atoms with Crippen molar-refractivity contribution in [1.29, 1.82) is 0 Å². The molecule has 2 aromatic rings. The molecule has 0 saturated carbocycles. The van der Waals surface area contributed by atoms with Gasteiger partial charge in [-0.05, 0) is 62.1 Å². The smallest absolute Gasteiger partial charge is 0.410 e. The number of ether oxygens (including phenoxy) is 1. The minimum absolute atomic E-state index is 0.134. The Morgan fingerprint density at radius 1 is 0.879 bits per heavy atom. The van der Waals surface area contributed by atoms with Gasteiger partial charge in [0, 0.05) is 31.9 Å². The number of carbonyl (C=O) groups excluding carboxylic acids is 2. The van der Waals surface area contributed by atoms with Gasteiger partial charge in [0.05, 0.1) is 0 Å². The van der Waals surface area contributed by atoms with E-state index in [0.717, 1.165) is 17.5 Å². The molecule has 1 saturated heterocycles. The van der Waals surface area contributed by atoms with Crippen LogP contribution in [0.15, 0.2) is 36.4 Å². The van der Waals surface area contributed by atoms with Crippen LogP contribution in [0.2, 0.25) is 0 Å². The first-order chi connectivity index (χ1) is 15.7. The highest BCUT2D eigenvalue weighted by molar-refractivity contribution is 5.93. The second kappa shape index (κ2) is 11.4. The van der Waals surface area contributed by atoms with Crippen LogP contribution < -0.4 is 5.32 Å². The highest BCUT2D eigenvalue weighted by atomic mass is 16.6. The SMILES string of the molecule is CCCCCCCc1ccc2ccc(NC(=O)N3CCN(C(=O)OC(C)(C)C)CC3)cc2c1. The molecule has 1 aliphatic heterocycles. The summed E-state index contributed by atoms with van der Waals surface area (Å²) in [5.41, 5.74) is 1.62. The molecular formula is C27H39N3O3. The number of anilines is 1. The Bertz CT molecular complexity index is 943. The van der Waals surface area contributed by atoms with E-state index in [0.29, 0.717) is 26.2 Å². The molecule has 2 aromatic carbocycles. The largest absolute Gasteiger partial charge is 0.444 e. The van der Waals surface area contributed by atoms with E-state index in [2.05, 4.69) is 36.5 Å². The number of benzene rings is 2. The number of fused-ring (bicyclic) bond motifs is 1. The maximum absolute atomic E-state index is 12.8. The van der Waals surface area contributed by atoms with Gasteiger partial charge < -0.3 is 19.9 Å². The van der Waals surface area contributed by atoms with Crippen LogP contribution in [0.25, 0.3) is 10.8 Å². The number of hydrogen-bond acceptors (Lipinski definition) is 3. The minimum atomic E-state index is -0.517.